The van der Waals surface area contributed by atoms with Crippen molar-refractivity contribution in [2.75, 3.05) is 13.7 Å². The number of hydrogen-bond acceptors (Lipinski definition) is 15. The maximum atomic E-state index is 15.6. The van der Waals surface area contributed by atoms with E-state index in [0.717, 1.165) is 21.0 Å². The smallest absolute Gasteiger partial charge is 0.338 e. The van der Waals surface area contributed by atoms with Gasteiger partial charge in [-0.05, 0) is 54.8 Å². The number of nitrogens with one attached hydrogen (secondary N) is 1. The van der Waals surface area contributed by atoms with E-state index in [1.54, 1.807) is 92.7 Å². The molecule has 3 N–H and O–H groups in total. The number of amides is 1. The van der Waals surface area contributed by atoms with E-state index in [9.17, 15) is 39.0 Å². The second-order valence-corrected chi connectivity index (χ2v) is 17.9. The van der Waals surface area contributed by atoms with Gasteiger partial charge in [-0.25, -0.2) is 4.79 Å². The van der Waals surface area contributed by atoms with Crippen molar-refractivity contribution in [2.45, 2.75) is 102 Å². The summed E-state index contributed by atoms with van der Waals surface area (Å²) in [6, 6.07) is 22.7. The highest BCUT2D eigenvalue weighted by Gasteiger charge is 2.78. The Bertz CT molecular complexity index is 2400. The number of Topliss-reactive ketones (excluding diaryl/α,β-unsaturated/α-hetero) is 1. The summed E-state index contributed by atoms with van der Waals surface area (Å²) >= 11 is 0. The summed E-state index contributed by atoms with van der Waals surface area (Å²) in [5, 5.41) is 28.7. The van der Waals surface area contributed by atoms with E-state index in [2.05, 4.69) is 5.32 Å². The summed E-state index contributed by atoms with van der Waals surface area (Å²) in [5.74, 6) is -9.90. The average Bonchev–Trinajstić information content (AvgIpc) is 3.27. The summed E-state index contributed by atoms with van der Waals surface area (Å²) in [6.45, 7) is 7.89. The van der Waals surface area contributed by atoms with Crippen LogP contribution in [0, 0.1) is 22.7 Å². The van der Waals surface area contributed by atoms with Crippen LogP contribution in [0.25, 0.3) is 0 Å². The predicted molar refractivity (Wildman–Crippen MR) is 227 cm³/mol. The van der Waals surface area contributed by atoms with Gasteiger partial charge >= 0.3 is 29.8 Å². The van der Waals surface area contributed by atoms with Gasteiger partial charge in [0.25, 0.3) is 5.91 Å². The topological polar surface area (TPSA) is 227 Å². The maximum Gasteiger partial charge on any atom is 0.338 e. The molecule has 16 heteroatoms. The Kier molecular flexibility index (Phi) is 12.7. The first-order valence-corrected chi connectivity index (χ1v) is 21.3. The van der Waals surface area contributed by atoms with Crippen molar-refractivity contribution in [1.82, 2.24) is 5.32 Å². The van der Waals surface area contributed by atoms with Crippen LogP contribution < -0.4 is 5.32 Å². The fourth-order valence-electron chi connectivity index (χ4n) is 10.6. The Balaban J connectivity index is 1.42. The number of aliphatic hydroxyl groups excluding tert-OH is 1. The third-order valence-electron chi connectivity index (χ3n) is 14.0. The minimum Gasteiger partial charge on any atom is -0.468 e. The molecule has 0 radical (unpaired) electrons. The molecule has 2 saturated carbocycles. The molecule has 1 aliphatic heterocycles. The lowest BCUT2D eigenvalue weighted by molar-refractivity contribution is -0.346. The van der Waals surface area contributed by atoms with Gasteiger partial charge in [0.15, 0.2) is 23.4 Å². The second kappa shape index (κ2) is 17.6. The highest BCUT2D eigenvalue weighted by molar-refractivity contribution is 5.99. The standard InChI is InChI=1S/C49H53NO15/c1-26-32(63-45(58)35(44(57)60-7)37(29-17-11-8-12-18-29)50-42(55)30-19-13-9-14-20-30)24-49(59)41(64-43(56)31-21-15-10-16-22-31)39-47(6,33(53)23-34-48(39,25-61-34)65-28(3)52)40(54)38(62-27(2)51)36(26)46(49,4)5/h8-22,32-35,37-39,41,53,59H,23-25H2,1-7H3,(H,50,55)/t32-,33-,34?,35-,37+,38+,39-,41-,47+,48-,49+/m0/s1. The molecule has 1 unspecified atom stereocenters. The van der Waals surface area contributed by atoms with Gasteiger partial charge in [0.1, 0.15) is 23.9 Å². The molecule has 0 aromatic heterocycles. The van der Waals surface area contributed by atoms with Gasteiger partial charge in [0.05, 0.1) is 42.8 Å². The van der Waals surface area contributed by atoms with Crippen LogP contribution in [-0.2, 0) is 52.4 Å². The molecule has 344 valence electrons. The molecule has 16 nitrogen and oxygen atoms in total. The number of methoxy groups -OCH3 is 1. The Labute approximate surface area is 375 Å². The van der Waals surface area contributed by atoms with Crippen molar-refractivity contribution in [3.63, 3.8) is 0 Å². The molecule has 0 spiro atoms. The number of ketones is 1. The molecule has 1 heterocycles. The Hall–Kier alpha value is -6.23. The fraction of sp³-hybridized carbons (Fsp3) is 0.449. The fourth-order valence-corrected chi connectivity index (χ4v) is 10.6. The number of aliphatic hydroxyl groups is 2. The zero-order chi connectivity index (χ0) is 47.2. The van der Waals surface area contributed by atoms with E-state index in [0.29, 0.717) is 5.56 Å². The van der Waals surface area contributed by atoms with Gasteiger partial charge in [-0.2, -0.15) is 0 Å². The van der Waals surface area contributed by atoms with Crippen molar-refractivity contribution >= 4 is 41.5 Å². The molecule has 3 fully saturated rings. The Morgan fingerprint density at radius 1 is 0.800 bits per heavy atom. The third kappa shape index (κ3) is 7.90. The number of ether oxygens (including phenoxy) is 6. The maximum absolute atomic E-state index is 15.6. The zero-order valence-electron chi connectivity index (χ0n) is 37.1. The monoisotopic (exact) mass is 895 g/mol. The number of carbonyl (C=O) groups excluding carboxylic acids is 7. The quantitative estimate of drug-likeness (QED) is 0.106. The van der Waals surface area contributed by atoms with Crippen LogP contribution in [0.3, 0.4) is 0 Å². The van der Waals surface area contributed by atoms with Crippen molar-refractivity contribution in [3.05, 3.63) is 119 Å². The molecule has 1 amide bonds. The molecule has 65 heavy (non-hydrogen) atoms. The van der Waals surface area contributed by atoms with Crippen molar-refractivity contribution < 1.29 is 72.2 Å². The van der Waals surface area contributed by atoms with Crippen molar-refractivity contribution in [2.24, 2.45) is 22.7 Å². The molecular formula is C49H53NO15. The SMILES string of the molecule is COC(=O)[C@@H](C(=O)O[C@H]1C[C@@]2(O)[C@@H](OC(=O)c3ccccc3)[C@H]3[C@](C)(C(=O)[C@H](OC(C)=O)C(=C1C)C2(C)C)[C@@H](O)CC1OC[C@]13OC(C)=O)[C@H](NC(=O)c1ccccc1)c1ccccc1. The predicted octanol–water partition coefficient (Wildman–Crippen LogP) is 4.16. The number of hydrogen-bond donors (Lipinski definition) is 3. The summed E-state index contributed by atoms with van der Waals surface area (Å²) in [7, 11) is 1.06. The van der Waals surface area contributed by atoms with Crippen LogP contribution in [0.1, 0.15) is 86.7 Å². The van der Waals surface area contributed by atoms with E-state index in [1.165, 1.54) is 26.0 Å². The third-order valence-corrected chi connectivity index (χ3v) is 14.0. The molecule has 7 rings (SSSR count). The first-order valence-electron chi connectivity index (χ1n) is 21.3. The number of carbonyl (C=O) groups is 7. The number of rotatable bonds is 11. The second-order valence-electron chi connectivity index (χ2n) is 17.9. The van der Waals surface area contributed by atoms with E-state index >= 15 is 4.79 Å². The summed E-state index contributed by atoms with van der Waals surface area (Å²) < 4.78 is 35.7. The highest BCUT2D eigenvalue weighted by atomic mass is 16.6. The van der Waals surface area contributed by atoms with Crippen LogP contribution >= 0.6 is 0 Å². The van der Waals surface area contributed by atoms with Gasteiger partial charge in [0, 0.05) is 37.7 Å². The molecule has 2 bridgehead atoms. The molecule has 11 atom stereocenters. The van der Waals surface area contributed by atoms with Crippen molar-refractivity contribution in [1.29, 1.82) is 0 Å². The highest BCUT2D eigenvalue weighted by Crippen LogP contribution is 2.64. The van der Waals surface area contributed by atoms with Gasteiger partial charge in [-0.1, -0.05) is 80.6 Å². The minimum atomic E-state index is -2.44. The Morgan fingerprint density at radius 3 is 1.92 bits per heavy atom. The lowest BCUT2D eigenvalue weighted by Crippen LogP contribution is -2.82. The molecule has 3 aromatic rings. The molecular weight excluding hydrogens is 843 g/mol. The van der Waals surface area contributed by atoms with Crippen LogP contribution in [-0.4, -0.2) is 107 Å². The average molecular weight is 896 g/mol. The normalized spacial score (nSPS) is 30.8. The van der Waals surface area contributed by atoms with E-state index < -0.39 is 118 Å². The van der Waals surface area contributed by atoms with E-state index in [-0.39, 0.29) is 35.3 Å². The summed E-state index contributed by atoms with van der Waals surface area (Å²) in [4.78, 5) is 98.5. The molecule has 3 aromatic carbocycles. The van der Waals surface area contributed by atoms with Gasteiger partial charge in [-0.15, -0.1) is 0 Å². The summed E-state index contributed by atoms with van der Waals surface area (Å²) in [6.07, 6.45) is -8.71. The zero-order valence-corrected chi connectivity index (χ0v) is 37.1. The van der Waals surface area contributed by atoms with Gasteiger partial charge in [-0.3, -0.25) is 28.8 Å². The van der Waals surface area contributed by atoms with Crippen LogP contribution in [0.2, 0.25) is 0 Å². The largest absolute Gasteiger partial charge is 0.468 e. The van der Waals surface area contributed by atoms with Crippen molar-refractivity contribution in [3.8, 4) is 0 Å². The molecule has 3 aliphatic carbocycles. The number of esters is 5. The van der Waals surface area contributed by atoms with Crippen LogP contribution in [0.15, 0.2) is 102 Å². The van der Waals surface area contributed by atoms with Crippen LogP contribution in [0.4, 0.5) is 0 Å². The number of benzene rings is 3. The minimum absolute atomic E-state index is 0.0305. The lowest BCUT2D eigenvalue weighted by atomic mass is 9.44. The van der Waals surface area contributed by atoms with Gasteiger partial charge < -0.3 is 44.0 Å². The van der Waals surface area contributed by atoms with E-state index in [4.69, 9.17) is 28.4 Å². The van der Waals surface area contributed by atoms with E-state index in [1.807, 2.05) is 0 Å². The van der Waals surface area contributed by atoms with Gasteiger partial charge in [0.2, 0.25) is 0 Å². The molecule has 1 saturated heterocycles. The molecule has 4 aliphatic rings. The lowest BCUT2D eigenvalue weighted by Gasteiger charge is -2.67. The Morgan fingerprint density at radius 2 is 1.38 bits per heavy atom. The number of fused-ring (bicyclic) bond motifs is 5. The summed E-state index contributed by atoms with van der Waals surface area (Å²) in [5.41, 5.74) is -7.29. The van der Waals surface area contributed by atoms with Crippen LogP contribution in [0.5, 0.6) is 0 Å². The first-order chi connectivity index (χ1) is 30.7. The first kappa shape index (κ1) is 46.8.